The number of benzene rings is 1. The Labute approximate surface area is 125 Å². The predicted molar refractivity (Wildman–Crippen MR) is 85.2 cm³/mol. The first-order valence-corrected chi connectivity index (χ1v) is 7.89. The first kappa shape index (κ1) is 14.2. The molecule has 1 aromatic heterocycles. The first-order chi connectivity index (χ1) is 10.3. The van der Waals surface area contributed by atoms with Crippen molar-refractivity contribution < 1.29 is 0 Å². The van der Waals surface area contributed by atoms with Gasteiger partial charge in [0.25, 0.3) is 0 Å². The van der Waals surface area contributed by atoms with Crippen LogP contribution < -0.4 is 10.6 Å². The number of hydrogen-bond donors (Lipinski definition) is 1. The van der Waals surface area contributed by atoms with Gasteiger partial charge in [-0.2, -0.15) is 0 Å². The highest BCUT2D eigenvalue weighted by molar-refractivity contribution is 5.74. The highest BCUT2D eigenvalue weighted by atomic mass is 15.3. The van der Waals surface area contributed by atoms with E-state index in [-0.39, 0.29) is 0 Å². The molecule has 1 fully saturated rings. The maximum absolute atomic E-state index is 5.97. The molecular formula is C16H23N5. The summed E-state index contributed by atoms with van der Waals surface area (Å²) in [5.41, 5.74) is 7.72. The molecule has 1 saturated carbocycles. The molecule has 0 spiro atoms. The number of hydrogen-bond acceptors (Lipinski definition) is 5. The highest BCUT2D eigenvalue weighted by Gasteiger charge is 2.30. The summed E-state index contributed by atoms with van der Waals surface area (Å²) in [6.45, 7) is 3.78. The second-order valence-corrected chi connectivity index (χ2v) is 5.73. The number of para-hydroxylation sites is 1. The minimum absolute atomic E-state index is 0.441. The van der Waals surface area contributed by atoms with Crippen LogP contribution in [-0.2, 0) is 0 Å². The second-order valence-electron chi connectivity index (χ2n) is 5.73. The van der Waals surface area contributed by atoms with Crippen LogP contribution in [0.15, 0.2) is 24.3 Å². The highest BCUT2D eigenvalue weighted by Crippen LogP contribution is 2.29. The summed E-state index contributed by atoms with van der Waals surface area (Å²) in [6.07, 6.45) is 4.93. The van der Waals surface area contributed by atoms with E-state index in [2.05, 4.69) is 22.0 Å². The molecule has 3 rings (SSSR count). The van der Waals surface area contributed by atoms with E-state index in [9.17, 15) is 0 Å². The average Bonchev–Trinajstić information content (AvgIpc) is 2.56. The fourth-order valence-corrected chi connectivity index (χ4v) is 3.39. The van der Waals surface area contributed by atoms with E-state index < -0.39 is 0 Å². The number of aromatic nitrogens is 3. The third kappa shape index (κ3) is 2.83. The van der Waals surface area contributed by atoms with Gasteiger partial charge in [0.15, 0.2) is 0 Å². The smallest absolute Gasteiger partial charge is 0.246 e. The van der Waals surface area contributed by atoms with Crippen molar-refractivity contribution in [3.05, 3.63) is 24.3 Å². The predicted octanol–water partition coefficient (Wildman–Crippen LogP) is 2.37. The zero-order valence-electron chi connectivity index (χ0n) is 12.6. The molecule has 2 unspecified atom stereocenters. The molecule has 5 nitrogen and oxygen atoms in total. The fourth-order valence-electron chi connectivity index (χ4n) is 3.39. The van der Waals surface area contributed by atoms with Gasteiger partial charge in [0.1, 0.15) is 5.52 Å². The van der Waals surface area contributed by atoms with E-state index >= 15 is 0 Å². The largest absolute Gasteiger partial charge is 0.336 e. The molecule has 0 amide bonds. The van der Waals surface area contributed by atoms with Crippen LogP contribution in [0.3, 0.4) is 0 Å². The molecule has 5 heteroatoms. The molecule has 1 aromatic carbocycles. The normalized spacial score (nSPS) is 22.4. The van der Waals surface area contributed by atoms with Gasteiger partial charge in [0.2, 0.25) is 5.95 Å². The van der Waals surface area contributed by atoms with Crippen LogP contribution in [0.4, 0.5) is 5.95 Å². The lowest BCUT2D eigenvalue weighted by Crippen LogP contribution is -2.46. The van der Waals surface area contributed by atoms with Crippen molar-refractivity contribution in [3.8, 4) is 0 Å². The van der Waals surface area contributed by atoms with E-state index in [0.29, 0.717) is 12.0 Å². The first-order valence-electron chi connectivity index (χ1n) is 7.89. The minimum atomic E-state index is 0.441. The molecule has 2 aromatic rings. The molecule has 21 heavy (non-hydrogen) atoms. The van der Waals surface area contributed by atoms with Crippen LogP contribution in [0.25, 0.3) is 11.0 Å². The Bertz CT molecular complexity index is 600. The molecule has 1 heterocycles. The van der Waals surface area contributed by atoms with Crippen molar-refractivity contribution in [1.29, 1.82) is 0 Å². The van der Waals surface area contributed by atoms with Crippen LogP contribution in [0, 0.1) is 5.92 Å². The summed E-state index contributed by atoms with van der Waals surface area (Å²) in [7, 11) is 0. The molecule has 2 N–H and O–H groups in total. The molecule has 0 bridgehead atoms. The fraction of sp³-hybridized carbons (Fsp3) is 0.562. The number of fused-ring (bicyclic) bond motifs is 1. The summed E-state index contributed by atoms with van der Waals surface area (Å²) in [5.74, 6) is 1.27. The Kier molecular flexibility index (Phi) is 4.29. The van der Waals surface area contributed by atoms with Crippen LogP contribution in [0.5, 0.6) is 0 Å². The van der Waals surface area contributed by atoms with E-state index in [1.54, 1.807) is 0 Å². The van der Waals surface area contributed by atoms with Gasteiger partial charge in [0.05, 0.1) is 5.52 Å². The molecule has 1 aliphatic rings. The van der Waals surface area contributed by atoms with E-state index in [1.165, 1.54) is 25.7 Å². The number of nitrogens with two attached hydrogens (primary N) is 1. The maximum Gasteiger partial charge on any atom is 0.246 e. The van der Waals surface area contributed by atoms with Crippen molar-refractivity contribution in [2.45, 2.75) is 38.6 Å². The Morgan fingerprint density at radius 1 is 1.14 bits per heavy atom. The number of nitrogens with zero attached hydrogens (tertiary/aromatic N) is 4. The standard InChI is InChI=1S/C16H23N5/c1-2-21(15-10-6-3-7-12(15)11-17)16-18-13-8-4-5-9-14(13)19-20-16/h4-5,8-9,12,15H,2-3,6-7,10-11,17H2,1H3. The SMILES string of the molecule is CCN(c1nnc2ccccc2n1)C1CCCCC1CN. The maximum atomic E-state index is 5.97. The second kappa shape index (κ2) is 6.35. The van der Waals surface area contributed by atoms with Gasteiger partial charge in [-0.05, 0) is 44.4 Å². The van der Waals surface area contributed by atoms with Crippen LogP contribution >= 0.6 is 0 Å². The zero-order chi connectivity index (χ0) is 14.7. The molecule has 0 radical (unpaired) electrons. The number of rotatable bonds is 4. The minimum Gasteiger partial charge on any atom is -0.336 e. The molecule has 0 saturated heterocycles. The van der Waals surface area contributed by atoms with E-state index in [0.717, 1.165) is 30.1 Å². The Morgan fingerprint density at radius 3 is 2.67 bits per heavy atom. The average molecular weight is 285 g/mol. The molecule has 2 atom stereocenters. The van der Waals surface area contributed by atoms with E-state index in [1.807, 2.05) is 24.3 Å². The monoisotopic (exact) mass is 285 g/mol. The summed E-state index contributed by atoms with van der Waals surface area (Å²) in [5, 5.41) is 8.66. The van der Waals surface area contributed by atoms with Crippen molar-refractivity contribution in [3.63, 3.8) is 0 Å². The van der Waals surface area contributed by atoms with Crippen LogP contribution in [0.1, 0.15) is 32.6 Å². The summed E-state index contributed by atoms with van der Waals surface area (Å²) in [4.78, 5) is 6.99. The molecular weight excluding hydrogens is 262 g/mol. The van der Waals surface area contributed by atoms with Crippen LogP contribution in [0.2, 0.25) is 0 Å². The third-order valence-corrected chi connectivity index (χ3v) is 4.52. The summed E-state index contributed by atoms with van der Waals surface area (Å²) < 4.78 is 0. The zero-order valence-corrected chi connectivity index (χ0v) is 12.6. The lowest BCUT2D eigenvalue weighted by molar-refractivity contribution is 0.298. The molecule has 112 valence electrons. The van der Waals surface area contributed by atoms with Crippen molar-refractivity contribution in [1.82, 2.24) is 15.2 Å². The summed E-state index contributed by atoms with van der Waals surface area (Å²) in [6, 6.07) is 8.32. The van der Waals surface area contributed by atoms with Gasteiger partial charge in [-0.3, -0.25) is 0 Å². The Balaban J connectivity index is 1.93. The van der Waals surface area contributed by atoms with Crippen molar-refractivity contribution >= 4 is 17.0 Å². The van der Waals surface area contributed by atoms with Gasteiger partial charge in [-0.15, -0.1) is 10.2 Å². The van der Waals surface area contributed by atoms with Gasteiger partial charge < -0.3 is 10.6 Å². The Hall–Kier alpha value is -1.75. The van der Waals surface area contributed by atoms with Crippen LogP contribution in [-0.4, -0.2) is 34.3 Å². The molecule has 1 aliphatic carbocycles. The Morgan fingerprint density at radius 2 is 1.90 bits per heavy atom. The topological polar surface area (TPSA) is 67.9 Å². The quantitative estimate of drug-likeness (QED) is 0.934. The van der Waals surface area contributed by atoms with Crippen molar-refractivity contribution in [2.75, 3.05) is 18.0 Å². The van der Waals surface area contributed by atoms with Gasteiger partial charge >= 0.3 is 0 Å². The van der Waals surface area contributed by atoms with E-state index in [4.69, 9.17) is 10.7 Å². The van der Waals surface area contributed by atoms with Gasteiger partial charge in [0, 0.05) is 12.6 Å². The van der Waals surface area contributed by atoms with Gasteiger partial charge in [-0.25, -0.2) is 4.98 Å². The number of anilines is 1. The lowest BCUT2D eigenvalue weighted by atomic mass is 9.83. The van der Waals surface area contributed by atoms with Gasteiger partial charge in [-0.1, -0.05) is 25.0 Å². The molecule has 0 aliphatic heterocycles. The van der Waals surface area contributed by atoms with Crippen molar-refractivity contribution in [2.24, 2.45) is 11.7 Å². The lowest BCUT2D eigenvalue weighted by Gasteiger charge is -2.39. The third-order valence-electron chi connectivity index (χ3n) is 4.52. The summed E-state index contributed by atoms with van der Waals surface area (Å²) >= 11 is 0.